The molecule has 0 bridgehead atoms. The van der Waals surface area contributed by atoms with E-state index >= 15 is 0 Å². The highest BCUT2D eigenvalue weighted by molar-refractivity contribution is 6.28. The summed E-state index contributed by atoms with van der Waals surface area (Å²) in [6, 6.07) is 0.525. The first-order valence-electron chi connectivity index (χ1n) is 8.13. The second kappa shape index (κ2) is 6.77. The topological polar surface area (TPSA) is 45.2 Å². The summed E-state index contributed by atoms with van der Waals surface area (Å²) in [5.41, 5.74) is 0. The smallest absolute Gasteiger partial charge is 0.231 e. The molecule has 0 aromatic carbocycles. The molecular weight excluding hydrogens is 286 g/mol. The third-order valence-corrected chi connectivity index (χ3v) is 4.83. The van der Waals surface area contributed by atoms with E-state index in [4.69, 9.17) is 11.6 Å². The monoisotopic (exact) mass is 309 g/mol. The summed E-state index contributed by atoms with van der Waals surface area (Å²) in [5.74, 6) is 1.46. The van der Waals surface area contributed by atoms with Crippen LogP contribution in [-0.4, -0.2) is 41.1 Å². The minimum Gasteiger partial charge on any atom is -0.341 e. The summed E-state index contributed by atoms with van der Waals surface area (Å²) >= 11 is 6.13. The molecule has 0 N–H and O–H groups in total. The maximum Gasteiger partial charge on any atom is 0.231 e. The molecule has 0 amide bonds. The van der Waals surface area contributed by atoms with Gasteiger partial charge in [-0.2, -0.15) is 15.0 Å². The second-order valence-electron chi connectivity index (χ2n) is 6.15. The van der Waals surface area contributed by atoms with Crippen LogP contribution in [0.2, 0.25) is 5.28 Å². The molecule has 116 valence electrons. The van der Waals surface area contributed by atoms with Crippen LogP contribution in [0.5, 0.6) is 0 Å². The molecule has 6 heteroatoms. The van der Waals surface area contributed by atoms with Gasteiger partial charge >= 0.3 is 0 Å². The summed E-state index contributed by atoms with van der Waals surface area (Å²) in [6.07, 6.45) is 10.1. The Labute approximate surface area is 131 Å². The Morgan fingerprint density at radius 1 is 0.952 bits per heavy atom. The van der Waals surface area contributed by atoms with Gasteiger partial charge in [0.15, 0.2) is 0 Å². The van der Waals surface area contributed by atoms with E-state index in [-0.39, 0.29) is 0 Å². The molecule has 0 atom stereocenters. The van der Waals surface area contributed by atoms with Gasteiger partial charge in [-0.15, -0.1) is 0 Å². The van der Waals surface area contributed by atoms with Crippen LogP contribution >= 0.6 is 11.6 Å². The van der Waals surface area contributed by atoms with Gasteiger partial charge in [0.2, 0.25) is 17.2 Å². The largest absolute Gasteiger partial charge is 0.341 e. The predicted molar refractivity (Wildman–Crippen MR) is 86.2 cm³/mol. The Morgan fingerprint density at radius 2 is 1.62 bits per heavy atom. The Kier molecular flexibility index (Phi) is 4.78. The second-order valence-corrected chi connectivity index (χ2v) is 6.49. The number of hydrogen-bond acceptors (Lipinski definition) is 5. The van der Waals surface area contributed by atoms with Gasteiger partial charge in [0.1, 0.15) is 0 Å². The number of halogens is 1. The van der Waals surface area contributed by atoms with Crippen molar-refractivity contribution in [2.45, 2.75) is 57.4 Å². The molecule has 1 saturated heterocycles. The van der Waals surface area contributed by atoms with Crippen LogP contribution in [0.15, 0.2) is 0 Å². The normalized spacial score (nSPS) is 20.6. The standard InChI is InChI=1S/C15H24ClN5/c1-20(12-8-4-2-3-5-9-12)14-17-13(16)18-15(19-14)21-10-6-7-11-21/h12H,2-11H2,1H3. The number of nitrogens with zero attached hydrogens (tertiary/aromatic N) is 5. The number of rotatable bonds is 3. The van der Waals surface area contributed by atoms with Crippen molar-refractivity contribution in [2.75, 3.05) is 29.9 Å². The van der Waals surface area contributed by atoms with Crippen LogP contribution in [-0.2, 0) is 0 Å². The fraction of sp³-hybridized carbons (Fsp3) is 0.800. The quantitative estimate of drug-likeness (QED) is 0.802. The molecule has 2 heterocycles. The molecule has 2 fully saturated rings. The van der Waals surface area contributed by atoms with Crippen molar-refractivity contribution in [2.24, 2.45) is 0 Å². The summed E-state index contributed by atoms with van der Waals surface area (Å²) in [6.45, 7) is 2.04. The van der Waals surface area contributed by atoms with Crippen molar-refractivity contribution in [1.29, 1.82) is 0 Å². The third-order valence-electron chi connectivity index (χ3n) is 4.66. The van der Waals surface area contributed by atoms with Gasteiger partial charge in [0.05, 0.1) is 0 Å². The minimum absolute atomic E-state index is 0.308. The van der Waals surface area contributed by atoms with Crippen molar-refractivity contribution >= 4 is 23.5 Å². The van der Waals surface area contributed by atoms with Gasteiger partial charge in [0.25, 0.3) is 0 Å². The van der Waals surface area contributed by atoms with Crippen molar-refractivity contribution in [3.05, 3.63) is 5.28 Å². The summed E-state index contributed by atoms with van der Waals surface area (Å²) < 4.78 is 0. The molecule has 0 spiro atoms. The maximum atomic E-state index is 6.13. The molecule has 21 heavy (non-hydrogen) atoms. The highest BCUT2D eigenvalue weighted by Crippen LogP contribution is 2.25. The van der Waals surface area contributed by atoms with E-state index in [1.165, 1.54) is 51.4 Å². The van der Waals surface area contributed by atoms with E-state index in [9.17, 15) is 0 Å². The fourth-order valence-electron chi connectivity index (χ4n) is 3.35. The molecule has 0 radical (unpaired) electrons. The SMILES string of the molecule is CN(c1nc(Cl)nc(N2CCCC2)n1)C1CCCCCC1. The van der Waals surface area contributed by atoms with Gasteiger partial charge in [-0.3, -0.25) is 0 Å². The van der Waals surface area contributed by atoms with Crippen LogP contribution in [0.4, 0.5) is 11.9 Å². The number of aromatic nitrogens is 3. The Bertz CT molecular complexity index is 467. The zero-order chi connectivity index (χ0) is 14.7. The van der Waals surface area contributed by atoms with E-state index < -0.39 is 0 Å². The maximum absolute atomic E-state index is 6.13. The number of anilines is 2. The van der Waals surface area contributed by atoms with E-state index in [2.05, 4.69) is 31.8 Å². The molecule has 0 unspecified atom stereocenters. The summed E-state index contributed by atoms with van der Waals surface area (Å²) in [7, 11) is 2.09. The van der Waals surface area contributed by atoms with Crippen molar-refractivity contribution in [3.63, 3.8) is 0 Å². The van der Waals surface area contributed by atoms with E-state index in [0.717, 1.165) is 25.0 Å². The third kappa shape index (κ3) is 3.57. The van der Waals surface area contributed by atoms with Crippen LogP contribution in [0.1, 0.15) is 51.4 Å². The average Bonchev–Trinajstić information content (AvgIpc) is 2.89. The zero-order valence-corrected chi connectivity index (χ0v) is 13.5. The molecule has 1 aromatic rings. The first kappa shape index (κ1) is 14.8. The lowest BCUT2D eigenvalue weighted by Gasteiger charge is -2.28. The van der Waals surface area contributed by atoms with Gasteiger partial charge in [-0.25, -0.2) is 0 Å². The van der Waals surface area contributed by atoms with Crippen LogP contribution in [0, 0.1) is 0 Å². The lowest BCUT2D eigenvalue weighted by Crippen LogP contribution is -2.33. The van der Waals surface area contributed by atoms with Gasteiger partial charge in [-0.05, 0) is 37.3 Å². The van der Waals surface area contributed by atoms with Crippen molar-refractivity contribution in [1.82, 2.24) is 15.0 Å². The zero-order valence-electron chi connectivity index (χ0n) is 12.8. The first-order chi connectivity index (χ1) is 10.2. The first-order valence-corrected chi connectivity index (χ1v) is 8.51. The minimum atomic E-state index is 0.308. The lowest BCUT2D eigenvalue weighted by molar-refractivity contribution is 0.544. The van der Waals surface area contributed by atoms with E-state index in [1.807, 2.05) is 0 Å². The van der Waals surface area contributed by atoms with Crippen LogP contribution in [0.25, 0.3) is 0 Å². The number of hydrogen-bond donors (Lipinski definition) is 0. The van der Waals surface area contributed by atoms with Gasteiger partial charge < -0.3 is 9.80 Å². The molecule has 2 aliphatic rings. The summed E-state index contributed by atoms with van der Waals surface area (Å²) in [5, 5.41) is 0.308. The molecule has 1 aliphatic heterocycles. The predicted octanol–water partition coefficient (Wildman–Crippen LogP) is 3.28. The molecule has 1 aliphatic carbocycles. The van der Waals surface area contributed by atoms with Crippen molar-refractivity contribution < 1.29 is 0 Å². The van der Waals surface area contributed by atoms with E-state index in [1.54, 1.807) is 0 Å². The van der Waals surface area contributed by atoms with E-state index in [0.29, 0.717) is 11.3 Å². The molecule has 3 rings (SSSR count). The van der Waals surface area contributed by atoms with Crippen LogP contribution in [0.3, 0.4) is 0 Å². The molecular formula is C15H24ClN5. The Balaban J connectivity index is 1.79. The highest BCUT2D eigenvalue weighted by atomic mass is 35.5. The Morgan fingerprint density at radius 3 is 2.29 bits per heavy atom. The van der Waals surface area contributed by atoms with Gasteiger partial charge in [-0.1, -0.05) is 25.7 Å². The average molecular weight is 310 g/mol. The Hall–Kier alpha value is -1.10. The van der Waals surface area contributed by atoms with Gasteiger partial charge in [0, 0.05) is 26.2 Å². The molecule has 5 nitrogen and oxygen atoms in total. The lowest BCUT2D eigenvalue weighted by atomic mass is 10.1. The molecule has 1 aromatic heterocycles. The fourth-order valence-corrected chi connectivity index (χ4v) is 3.51. The molecule has 1 saturated carbocycles. The summed E-state index contributed by atoms with van der Waals surface area (Å²) in [4.78, 5) is 17.7. The highest BCUT2D eigenvalue weighted by Gasteiger charge is 2.22. The van der Waals surface area contributed by atoms with Crippen molar-refractivity contribution in [3.8, 4) is 0 Å². The van der Waals surface area contributed by atoms with Crippen LogP contribution < -0.4 is 9.80 Å².